The van der Waals surface area contributed by atoms with Crippen LogP contribution in [0.1, 0.15) is 20.3 Å². The molecule has 0 amide bonds. The number of hydrogen-bond donors (Lipinski definition) is 1. The van der Waals surface area contributed by atoms with Crippen LogP contribution in [0.5, 0.6) is 5.75 Å². The number of ether oxygens (including phenoxy) is 2. The highest BCUT2D eigenvalue weighted by Crippen LogP contribution is 2.31. The van der Waals surface area contributed by atoms with Gasteiger partial charge < -0.3 is 24.3 Å². The van der Waals surface area contributed by atoms with Gasteiger partial charge in [0.05, 0.1) is 17.6 Å². The highest BCUT2D eigenvalue weighted by Gasteiger charge is 2.23. The molecule has 2 aromatic heterocycles. The molecule has 0 spiro atoms. The lowest BCUT2D eigenvalue weighted by molar-refractivity contribution is -0.142. The summed E-state index contributed by atoms with van der Waals surface area (Å²) >= 11 is 6.46. The Morgan fingerprint density at radius 1 is 1.18 bits per heavy atom. The zero-order valence-electron chi connectivity index (χ0n) is 19.8. The van der Waals surface area contributed by atoms with Crippen molar-refractivity contribution in [3.63, 3.8) is 0 Å². The number of nitrogens with zero attached hydrogens (tertiary/aromatic N) is 3. The molecule has 2 atom stereocenters. The number of nitrogens with one attached hydrogen (secondary N) is 1. The van der Waals surface area contributed by atoms with Gasteiger partial charge in [-0.05, 0) is 54.7 Å². The SMILES string of the molecule is COC(=O)COc1cc2cc(Nc3nc(N4CC(C)CC(C)C4)ccc3Cl)ccc2n(C)c1=O. The zero-order chi connectivity index (χ0) is 24.4. The lowest BCUT2D eigenvalue weighted by Crippen LogP contribution is -2.39. The fraction of sp³-hybridized carbons (Fsp3) is 0.400. The van der Waals surface area contributed by atoms with Crippen molar-refractivity contribution in [2.24, 2.45) is 18.9 Å². The molecule has 180 valence electrons. The summed E-state index contributed by atoms with van der Waals surface area (Å²) in [6.45, 7) is 6.13. The van der Waals surface area contributed by atoms with E-state index in [1.165, 1.54) is 18.1 Å². The molecule has 3 heterocycles. The quantitative estimate of drug-likeness (QED) is 0.520. The molecule has 1 saturated heterocycles. The Kier molecular flexibility index (Phi) is 6.97. The molecule has 1 aliphatic rings. The lowest BCUT2D eigenvalue weighted by atomic mass is 9.92. The highest BCUT2D eigenvalue weighted by atomic mass is 35.5. The van der Waals surface area contributed by atoms with E-state index >= 15 is 0 Å². The topological polar surface area (TPSA) is 85.7 Å². The molecule has 9 heteroatoms. The molecular formula is C25H29ClN4O4. The van der Waals surface area contributed by atoms with E-state index in [9.17, 15) is 9.59 Å². The summed E-state index contributed by atoms with van der Waals surface area (Å²) in [7, 11) is 2.92. The van der Waals surface area contributed by atoms with Crippen molar-refractivity contribution in [3.05, 3.63) is 51.8 Å². The van der Waals surface area contributed by atoms with Crippen LogP contribution >= 0.6 is 11.6 Å². The first-order valence-electron chi connectivity index (χ1n) is 11.3. The van der Waals surface area contributed by atoms with Gasteiger partial charge in [-0.1, -0.05) is 25.4 Å². The number of methoxy groups -OCH3 is 1. The van der Waals surface area contributed by atoms with E-state index in [0.717, 1.165) is 35.5 Å². The van der Waals surface area contributed by atoms with Crippen LogP contribution in [0.25, 0.3) is 10.9 Å². The number of aromatic nitrogens is 2. The third-order valence-electron chi connectivity index (χ3n) is 6.05. The number of rotatable bonds is 6. The second-order valence-electron chi connectivity index (χ2n) is 8.99. The van der Waals surface area contributed by atoms with Gasteiger partial charge in [-0.15, -0.1) is 0 Å². The van der Waals surface area contributed by atoms with Crippen molar-refractivity contribution < 1.29 is 14.3 Å². The Morgan fingerprint density at radius 2 is 1.91 bits per heavy atom. The van der Waals surface area contributed by atoms with Gasteiger partial charge in [0.2, 0.25) is 0 Å². The molecule has 2 unspecified atom stereocenters. The molecule has 1 fully saturated rings. The van der Waals surface area contributed by atoms with Gasteiger partial charge >= 0.3 is 5.97 Å². The fourth-order valence-electron chi connectivity index (χ4n) is 4.51. The van der Waals surface area contributed by atoms with E-state index in [1.807, 2.05) is 30.3 Å². The number of fused-ring (bicyclic) bond motifs is 1. The van der Waals surface area contributed by atoms with Gasteiger partial charge in [-0.3, -0.25) is 4.79 Å². The van der Waals surface area contributed by atoms with E-state index in [4.69, 9.17) is 21.3 Å². The fourth-order valence-corrected chi connectivity index (χ4v) is 4.66. The summed E-state index contributed by atoms with van der Waals surface area (Å²) in [5.41, 5.74) is 1.15. The third kappa shape index (κ3) is 5.12. The number of aryl methyl sites for hydroxylation is 1. The number of halogens is 1. The summed E-state index contributed by atoms with van der Waals surface area (Å²) in [5.74, 6) is 2.20. The van der Waals surface area contributed by atoms with E-state index in [2.05, 4.69) is 28.8 Å². The molecule has 4 rings (SSSR count). The average Bonchev–Trinajstić information content (AvgIpc) is 2.81. The van der Waals surface area contributed by atoms with Crippen molar-refractivity contribution in [2.45, 2.75) is 20.3 Å². The minimum atomic E-state index is -0.560. The van der Waals surface area contributed by atoms with Gasteiger partial charge in [0.25, 0.3) is 5.56 Å². The van der Waals surface area contributed by atoms with Crippen molar-refractivity contribution in [2.75, 3.05) is 37.0 Å². The van der Waals surface area contributed by atoms with Crippen LogP contribution < -0.4 is 20.5 Å². The van der Waals surface area contributed by atoms with E-state index in [-0.39, 0.29) is 17.9 Å². The normalized spacial score (nSPS) is 18.1. The monoisotopic (exact) mass is 484 g/mol. The number of esters is 1. The van der Waals surface area contributed by atoms with Crippen LogP contribution in [-0.4, -0.2) is 42.3 Å². The maximum atomic E-state index is 12.6. The second-order valence-corrected chi connectivity index (χ2v) is 9.39. The average molecular weight is 485 g/mol. The van der Waals surface area contributed by atoms with Crippen LogP contribution in [-0.2, 0) is 16.6 Å². The smallest absolute Gasteiger partial charge is 0.343 e. The van der Waals surface area contributed by atoms with Crippen molar-refractivity contribution in [1.82, 2.24) is 9.55 Å². The molecule has 1 N–H and O–H groups in total. The number of benzene rings is 1. The standard InChI is InChI=1S/C25H29ClN4O4/c1-15-9-16(2)13-30(12-15)22-8-6-19(26)24(28-22)27-18-5-7-20-17(10-18)11-21(25(32)29(20)3)34-14-23(31)33-4/h5-8,10-11,15-16H,9,12-14H2,1-4H3,(H,27,28). The van der Waals surface area contributed by atoms with Gasteiger partial charge in [-0.2, -0.15) is 0 Å². The Morgan fingerprint density at radius 3 is 2.62 bits per heavy atom. The summed E-state index contributed by atoms with van der Waals surface area (Å²) in [5, 5.41) is 4.59. The number of anilines is 3. The van der Waals surface area contributed by atoms with E-state index in [0.29, 0.717) is 22.7 Å². The Balaban J connectivity index is 1.62. The minimum absolute atomic E-state index is 0.0732. The first-order valence-corrected chi connectivity index (χ1v) is 11.6. The minimum Gasteiger partial charge on any atom is -0.476 e. The number of piperidine rings is 1. The van der Waals surface area contributed by atoms with E-state index in [1.54, 1.807) is 13.1 Å². The van der Waals surface area contributed by atoms with Gasteiger partial charge in [0.15, 0.2) is 18.2 Å². The number of carbonyl (C=O) groups excluding carboxylic acids is 1. The van der Waals surface area contributed by atoms with Crippen molar-refractivity contribution in [1.29, 1.82) is 0 Å². The Bertz CT molecular complexity index is 1270. The molecular weight excluding hydrogens is 456 g/mol. The van der Waals surface area contributed by atoms with Crippen LogP contribution in [0.3, 0.4) is 0 Å². The molecule has 34 heavy (non-hydrogen) atoms. The second kappa shape index (κ2) is 9.93. The predicted molar refractivity (Wildman–Crippen MR) is 134 cm³/mol. The number of pyridine rings is 2. The lowest BCUT2D eigenvalue weighted by Gasteiger charge is -2.36. The Hall–Kier alpha value is -3.26. The first-order chi connectivity index (χ1) is 16.2. The van der Waals surface area contributed by atoms with Gasteiger partial charge in [0.1, 0.15) is 5.82 Å². The molecule has 3 aromatic rings. The molecule has 8 nitrogen and oxygen atoms in total. The third-order valence-corrected chi connectivity index (χ3v) is 6.36. The molecule has 0 bridgehead atoms. The van der Waals surface area contributed by atoms with Crippen LogP contribution in [0.4, 0.5) is 17.3 Å². The molecule has 1 aliphatic heterocycles. The number of carbonyl (C=O) groups is 1. The highest BCUT2D eigenvalue weighted by molar-refractivity contribution is 6.33. The Labute approximate surface area is 203 Å². The maximum Gasteiger partial charge on any atom is 0.343 e. The van der Waals surface area contributed by atoms with Crippen LogP contribution in [0.2, 0.25) is 5.02 Å². The molecule has 1 aromatic carbocycles. The zero-order valence-corrected chi connectivity index (χ0v) is 20.6. The van der Waals surface area contributed by atoms with Crippen LogP contribution in [0.15, 0.2) is 41.2 Å². The van der Waals surface area contributed by atoms with Crippen molar-refractivity contribution >= 4 is 45.8 Å². The summed E-state index contributed by atoms with van der Waals surface area (Å²) in [6, 6.07) is 11.0. The summed E-state index contributed by atoms with van der Waals surface area (Å²) in [6.07, 6.45) is 1.22. The van der Waals surface area contributed by atoms with Crippen LogP contribution in [0, 0.1) is 11.8 Å². The molecule has 0 saturated carbocycles. The largest absolute Gasteiger partial charge is 0.476 e. The maximum absolute atomic E-state index is 12.6. The van der Waals surface area contributed by atoms with Gasteiger partial charge in [0, 0.05) is 31.2 Å². The van der Waals surface area contributed by atoms with E-state index < -0.39 is 5.97 Å². The first kappa shape index (κ1) is 23.9. The van der Waals surface area contributed by atoms with Gasteiger partial charge in [-0.25, -0.2) is 9.78 Å². The van der Waals surface area contributed by atoms with Crippen molar-refractivity contribution in [3.8, 4) is 5.75 Å². The molecule has 0 aliphatic carbocycles. The number of hydrogen-bond acceptors (Lipinski definition) is 7. The summed E-state index contributed by atoms with van der Waals surface area (Å²) in [4.78, 5) is 31.1. The summed E-state index contributed by atoms with van der Waals surface area (Å²) < 4.78 is 11.5. The predicted octanol–water partition coefficient (Wildman–Crippen LogP) is 4.36. The molecule has 0 radical (unpaired) electrons.